The molecule has 29 heavy (non-hydrogen) atoms. The Bertz CT molecular complexity index is 1260. The van der Waals surface area contributed by atoms with Crippen LogP contribution in [0.5, 0.6) is 0 Å². The van der Waals surface area contributed by atoms with Crippen molar-refractivity contribution < 1.29 is 9.53 Å². The molecule has 0 aliphatic carbocycles. The number of carbonyl (C=O) groups is 1. The van der Waals surface area contributed by atoms with E-state index in [1.807, 2.05) is 78.9 Å². The summed E-state index contributed by atoms with van der Waals surface area (Å²) in [4.78, 5) is 12.4. The minimum atomic E-state index is -0.319. The zero-order valence-electron chi connectivity index (χ0n) is 15.7. The molecule has 5 rings (SSSR count). The lowest BCUT2D eigenvalue weighted by Gasteiger charge is -2.05. The predicted octanol–water partition coefficient (Wildman–Crippen LogP) is 6.49. The second kappa shape index (κ2) is 7.25. The molecular formula is C27H18O2. The van der Waals surface area contributed by atoms with Crippen LogP contribution >= 0.6 is 0 Å². The summed E-state index contributed by atoms with van der Waals surface area (Å²) in [7, 11) is 0. The Kier molecular flexibility index (Phi) is 4.30. The second-order valence-corrected chi connectivity index (χ2v) is 7.01. The summed E-state index contributed by atoms with van der Waals surface area (Å²) in [5, 5.41) is 2.26. The van der Waals surface area contributed by atoms with E-state index >= 15 is 0 Å². The Labute approximate surface area is 169 Å². The van der Waals surface area contributed by atoms with E-state index in [0.717, 1.165) is 33.0 Å². The highest BCUT2D eigenvalue weighted by Gasteiger charge is 2.22. The molecule has 1 aliphatic rings. The van der Waals surface area contributed by atoms with Gasteiger partial charge in [0.15, 0.2) is 0 Å². The molecule has 4 aromatic carbocycles. The third-order valence-electron chi connectivity index (χ3n) is 5.14. The van der Waals surface area contributed by atoms with Gasteiger partial charge in [0, 0.05) is 5.56 Å². The number of carbonyl (C=O) groups excluding carboxylic acids is 1. The molecule has 0 saturated carbocycles. The Balaban J connectivity index is 1.48. The lowest BCUT2D eigenvalue weighted by molar-refractivity contribution is -0.130. The minimum absolute atomic E-state index is 0.319. The summed E-state index contributed by atoms with van der Waals surface area (Å²) in [6.45, 7) is 0. The minimum Gasteiger partial charge on any atom is -0.422 e. The fourth-order valence-electron chi connectivity index (χ4n) is 3.63. The van der Waals surface area contributed by atoms with Crippen molar-refractivity contribution in [2.24, 2.45) is 0 Å². The van der Waals surface area contributed by atoms with E-state index in [4.69, 9.17) is 4.74 Å². The molecule has 138 valence electrons. The number of esters is 1. The Morgan fingerprint density at radius 1 is 0.621 bits per heavy atom. The number of fused-ring (bicyclic) bond motifs is 1. The van der Waals surface area contributed by atoms with Crippen LogP contribution in [-0.2, 0) is 9.53 Å². The molecule has 0 radical (unpaired) electrons. The van der Waals surface area contributed by atoms with Gasteiger partial charge < -0.3 is 4.74 Å². The zero-order chi connectivity index (χ0) is 19.6. The Hall–Kier alpha value is -3.91. The van der Waals surface area contributed by atoms with E-state index < -0.39 is 0 Å². The van der Waals surface area contributed by atoms with Crippen LogP contribution in [0.1, 0.15) is 11.1 Å². The summed E-state index contributed by atoms with van der Waals surface area (Å²) >= 11 is 0. The molecule has 0 saturated heterocycles. The quantitative estimate of drug-likeness (QED) is 0.303. The topological polar surface area (TPSA) is 26.3 Å². The summed E-state index contributed by atoms with van der Waals surface area (Å²) in [5.41, 5.74) is 4.74. The molecule has 2 heteroatoms. The summed E-state index contributed by atoms with van der Waals surface area (Å²) in [5.74, 6) is 0.265. The fraction of sp³-hybridized carbons (Fsp3) is 0. The van der Waals surface area contributed by atoms with E-state index in [2.05, 4.69) is 30.3 Å². The van der Waals surface area contributed by atoms with Gasteiger partial charge in [-0.1, -0.05) is 97.1 Å². The van der Waals surface area contributed by atoms with Gasteiger partial charge in [-0.2, -0.15) is 0 Å². The van der Waals surface area contributed by atoms with Crippen LogP contribution in [0.15, 0.2) is 109 Å². The molecule has 1 heterocycles. The molecular weight excluding hydrogens is 356 g/mol. The number of hydrogen-bond acceptors (Lipinski definition) is 2. The van der Waals surface area contributed by atoms with Gasteiger partial charge in [0.25, 0.3) is 0 Å². The van der Waals surface area contributed by atoms with Crippen molar-refractivity contribution in [2.45, 2.75) is 0 Å². The number of rotatable bonds is 3. The lowest BCUT2D eigenvalue weighted by atomic mass is 10.0. The number of benzene rings is 4. The first kappa shape index (κ1) is 17.2. The fourth-order valence-corrected chi connectivity index (χ4v) is 3.63. The molecule has 4 aromatic rings. The maximum atomic E-state index is 12.4. The van der Waals surface area contributed by atoms with Crippen LogP contribution in [0.25, 0.3) is 33.7 Å². The third-order valence-corrected chi connectivity index (χ3v) is 5.14. The van der Waals surface area contributed by atoms with Gasteiger partial charge in [0.05, 0.1) is 5.57 Å². The molecule has 0 N–H and O–H groups in total. The van der Waals surface area contributed by atoms with Gasteiger partial charge in [0.2, 0.25) is 0 Å². The van der Waals surface area contributed by atoms with E-state index in [1.165, 1.54) is 0 Å². The first-order valence-electron chi connectivity index (χ1n) is 9.57. The SMILES string of the molecule is O=C1OC(c2ccc(-c3ccccc3)cc2)=C/C1=C/c1cccc2ccccc12. The largest absolute Gasteiger partial charge is 0.422 e. The summed E-state index contributed by atoms with van der Waals surface area (Å²) < 4.78 is 5.54. The molecule has 0 fully saturated rings. The van der Waals surface area contributed by atoms with Crippen molar-refractivity contribution in [3.63, 3.8) is 0 Å². The van der Waals surface area contributed by atoms with Crippen molar-refractivity contribution in [1.29, 1.82) is 0 Å². The third kappa shape index (κ3) is 3.37. The van der Waals surface area contributed by atoms with Crippen molar-refractivity contribution in [3.05, 3.63) is 120 Å². The summed E-state index contributed by atoms with van der Waals surface area (Å²) in [6, 6.07) is 32.5. The first-order valence-corrected chi connectivity index (χ1v) is 9.57. The van der Waals surface area contributed by atoms with Gasteiger partial charge in [-0.25, -0.2) is 4.79 Å². The van der Waals surface area contributed by atoms with Crippen LogP contribution in [-0.4, -0.2) is 5.97 Å². The average Bonchev–Trinajstić information content (AvgIpc) is 3.15. The molecule has 2 nitrogen and oxygen atoms in total. The highest BCUT2D eigenvalue weighted by atomic mass is 16.5. The average molecular weight is 374 g/mol. The molecule has 0 aromatic heterocycles. The van der Waals surface area contributed by atoms with Gasteiger partial charge in [-0.3, -0.25) is 0 Å². The number of ether oxygens (including phenoxy) is 1. The van der Waals surface area contributed by atoms with E-state index in [9.17, 15) is 4.79 Å². The predicted molar refractivity (Wildman–Crippen MR) is 118 cm³/mol. The van der Waals surface area contributed by atoms with E-state index in [1.54, 1.807) is 0 Å². The van der Waals surface area contributed by atoms with E-state index in [-0.39, 0.29) is 5.97 Å². The van der Waals surface area contributed by atoms with Gasteiger partial charge in [-0.05, 0) is 39.6 Å². The molecule has 0 bridgehead atoms. The maximum Gasteiger partial charge on any atom is 0.343 e. The highest BCUT2D eigenvalue weighted by Crippen LogP contribution is 2.30. The molecule has 0 unspecified atom stereocenters. The number of cyclic esters (lactones) is 1. The van der Waals surface area contributed by atoms with Gasteiger partial charge >= 0.3 is 5.97 Å². The molecule has 0 spiro atoms. The van der Waals surface area contributed by atoms with Crippen LogP contribution in [0.2, 0.25) is 0 Å². The molecule has 0 amide bonds. The lowest BCUT2D eigenvalue weighted by Crippen LogP contribution is -1.97. The van der Waals surface area contributed by atoms with Crippen LogP contribution in [0.4, 0.5) is 0 Å². The second-order valence-electron chi connectivity index (χ2n) is 7.01. The smallest absolute Gasteiger partial charge is 0.343 e. The van der Waals surface area contributed by atoms with Crippen LogP contribution in [0.3, 0.4) is 0 Å². The van der Waals surface area contributed by atoms with Crippen molar-refractivity contribution in [1.82, 2.24) is 0 Å². The van der Waals surface area contributed by atoms with Crippen molar-refractivity contribution >= 4 is 28.6 Å². The normalized spacial score (nSPS) is 14.8. The van der Waals surface area contributed by atoms with Gasteiger partial charge in [0.1, 0.15) is 5.76 Å². The van der Waals surface area contributed by atoms with Crippen molar-refractivity contribution in [3.8, 4) is 11.1 Å². The Morgan fingerprint density at radius 2 is 1.28 bits per heavy atom. The standard InChI is InChI=1S/C27H18O2/c28-27-24(17-23-11-6-10-21-9-4-5-12-25(21)23)18-26(29-27)22-15-13-20(14-16-22)19-7-2-1-3-8-19/h1-18H/b24-17-. The maximum absolute atomic E-state index is 12.4. The van der Waals surface area contributed by atoms with E-state index in [0.29, 0.717) is 11.3 Å². The first-order chi connectivity index (χ1) is 14.3. The summed E-state index contributed by atoms with van der Waals surface area (Å²) in [6.07, 6.45) is 3.72. The van der Waals surface area contributed by atoms with Crippen molar-refractivity contribution in [2.75, 3.05) is 0 Å². The van der Waals surface area contributed by atoms with Crippen LogP contribution < -0.4 is 0 Å². The zero-order valence-corrected chi connectivity index (χ0v) is 15.7. The monoisotopic (exact) mass is 374 g/mol. The highest BCUT2D eigenvalue weighted by molar-refractivity contribution is 6.06. The Morgan fingerprint density at radius 3 is 2.10 bits per heavy atom. The molecule has 0 atom stereocenters. The van der Waals surface area contributed by atoms with Crippen LogP contribution in [0, 0.1) is 0 Å². The number of hydrogen-bond donors (Lipinski definition) is 0. The van der Waals surface area contributed by atoms with Gasteiger partial charge in [-0.15, -0.1) is 0 Å². The molecule has 1 aliphatic heterocycles.